The Morgan fingerprint density at radius 2 is 2.14 bits per heavy atom. The largest absolute Gasteiger partial charge is 0.394 e. The summed E-state index contributed by atoms with van der Waals surface area (Å²) in [5.41, 5.74) is 0. The van der Waals surface area contributed by atoms with Gasteiger partial charge in [0.2, 0.25) is 0 Å². The summed E-state index contributed by atoms with van der Waals surface area (Å²) in [5.74, 6) is 0. The van der Waals surface area contributed by atoms with Gasteiger partial charge >= 0.3 is 0 Å². The van der Waals surface area contributed by atoms with Crippen molar-refractivity contribution in [1.82, 2.24) is 0 Å². The molecule has 5 nitrogen and oxygen atoms in total. The van der Waals surface area contributed by atoms with Gasteiger partial charge in [-0.2, -0.15) is 0 Å². The van der Waals surface area contributed by atoms with Crippen molar-refractivity contribution < 1.29 is 24.8 Å². The Labute approximate surface area is 82.6 Å². The molecule has 0 aliphatic carbocycles. The highest BCUT2D eigenvalue weighted by atomic mass is 16.6. The molecule has 1 aliphatic rings. The molecule has 81 valence electrons. The predicted molar refractivity (Wildman–Crippen MR) is 48.2 cm³/mol. The van der Waals surface area contributed by atoms with Gasteiger partial charge in [-0.25, -0.2) is 0 Å². The van der Waals surface area contributed by atoms with Gasteiger partial charge in [-0.3, -0.25) is 0 Å². The molecule has 1 saturated heterocycles. The zero-order chi connectivity index (χ0) is 10.6. The lowest BCUT2D eigenvalue weighted by molar-refractivity contribution is -0.180. The first-order valence-electron chi connectivity index (χ1n) is 4.39. The Morgan fingerprint density at radius 3 is 2.71 bits per heavy atom. The van der Waals surface area contributed by atoms with E-state index >= 15 is 0 Å². The number of aliphatic hydroxyl groups is 3. The minimum atomic E-state index is -1.14. The zero-order valence-electron chi connectivity index (χ0n) is 7.74. The topological polar surface area (TPSA) is 79.2 Å². The van der Waals surface area contributed by atoms with Crippen molar-refractivity contribution >= 4 is 0 Å². The van der Waals surface area contributed by atoms with Crippen molar-refractivity contribution in [3.05, 3.63) is 19.3 Å². The normalized spacial score (nSPS) is 38.2. The van der Waals surface area contributed by atoms with Crippen LogP contribution in [0.2, 0.25) is 0 Å². The second-order valence-corrected chi connectivity index (χ2v) is 3.06. The van der Waals surface area contributed by atoms with Crippen molar-refractivity contribution in [2.75, 3.05) is 13.2 Å². The maximum atomic E-state index is 9.53. The van der Waals surface area contributed by atoms with E-state index in [-0.39, 0.29) is 13.2 Å². The van der Waals surface area contributed by atoms with E-state index in [4.69, 9.17) is 14.6 Å². The van der Waals surface area contributed by atoms with Crippen LogP contribution in [-0.2, 0) is 9.47 Å². The van der Waals surface area contributed by atoms with Crippen LogP contribution in [0.15, 0.2) is 12.7 Å². The molecule has 3 N–H and O–H groups in total. The Kier molecular flexibility index (Phi) is 4.50. The number of ether oxygens (including phenoxy) is 2. The van der Waals surface area contributed by atoms with Gasteiger partial charge in [-0.1, -0.05) is 6.08 Å². The molecule has 0 unspecified atom stereocenters. The van der Waals surface area contributed by atoms with Crippen LogP contribution >= 0.6 is 0 Å². The maximum Gasteiger partial charge on any atom is 0.116 e. The van der Waals surface area contributed by atoms with Crippen LogP contribution in [0.4, 0.5) is 0 Å². The highest BCUT2D eigenvalue weighted by molar-refractivity contribution is 4.93. The maximum absolute atomic E-state index is 9.53. The molecule has 14 heavy (non-hydrogen) atoms. The summed E-state index contributed by atoms with van der Waals surface area (Å²) in [6.45, 7) is 4.65. The standard InChI is InChI=1S/C9H15O5/c1-2-3-13-7-5-14-6(4-10)8(11)9(7)12/h2,5-12H,1,3-4H2/t6-,7+,8-,9-/m1/s1. The lowest BCUT2D eigenvalue weighted by Crippen LogP contribution is -2.53. The SMILES string of the molecule is C=CCO[C@H]1[CH]O[C@H](CO)[C@@H](O)[C@@H]1O. The second kappa shape index (κ2) is 5.43. The number of rotatable bonds is 4. The van der Waals surface area contributed by atoms with Crippen molar-refractivity contribution in [2.45, 2.75) is 24.4 Å². The van der Waals surface area contributed by atoms with Gasteiger partial charge < -0.3 is 24.8 Å². The molecule has 5 heteroatoms. The Bertz CT molecular complexity index is 184. The molecule has 1 heterocycles. The van der Waals surface area contributed by atoms with Crippen LogP contribution in [0.5, 0.6) is 0 Å². The fourth-order valence-electron chi connectivity index (χ4n) is 1.22. The fraction of sp³-hybridized carbons (Fsp3) is 0.667. The zero-order valence-corrected chi connectivity index (χ0v) is 7.74. The lowest BCUT2D eigenvalue weighted by Gasteiger charge is -2.35. The minimum Gasteiger partial charge on any atom is -0.394 e. The number of hydrogen-bond donors (Lipinski definition) is 3. The highest BCUT2D eigenvalue weighted by Gasteiger charge is 2.38. The first kappa shape index (κ1) is 11.6. The third kappa shape index (κ3) is 2.52. The van der Waals surface area contributed by atoms with Crippen LogP contribution in [0.1, 0.15) is 0 Å². The average Bonchev–Trinajstić information content (AvgIpc) is 2.20. The third-order valence-electron chi connectivity index (χ3n) is 2.04. The van der Waals surface area contributed by atoms with Crippen molar-refractivity contribution in [1.29, 1.82) is 0 Å². The van der Waals surface area contributed by atoms with Crippen LogP contribution < -0.4 is 0 Å². The van der Waals surface area contributed by atoms with E-state index in [1.807, 2.05) is 0 Å². The van der Waals surface area contributed by atoms with Gasteiger partial charge in [0.1, 0.15) is 31.0 Å². The van der Waals surface area contributed by atoms with Crippen molar-refractivity contribution in [3.63, 3.8) is 0 Å². The van der Waals surface area contributed by atoms with Gasteiger partial charge in [0.15, 0.2) is 0 Å². The number of aliphatic hydroxyl groups excluding tert-OH is 3. The third-order valence-corrected chi connectivity index (χ3v) is 2.04. The molecule has 1 aliphatic heterocycles. The van der Waals surface area contributed by atoms with E-state index in [2.05, 4.69) is 6.58 Å². The smallest absolute Gasteiger partial charge is 0.116 e. The summed E-state index contributed by atoms with van der Waals surface area (Å²) in [4.78, 5) is 0. The highest BCUT2D eigenvalue weighted by Crippen LogP contribution is 2.20. The van der Waals surface area contributed by atoms with Crippen LogP contribution in [0.25, 0.3) is 0 Å². The van der Waals surface area contributed by atoms with Gasteiger partial charge in [0.25, 0.3) is 0 Å². The predicted octanol–water partition coefficient (Wildman–Crippen LogP) is -1.17. The fourth-order valence-corrected chi connectivity index (χ4v) is 1.22. The first-order chi connectivity index (χ1) is 6.70. The molecule has 4 atom stereocenters. The first-order valence-corrected chi connectivity index (χ1v) is 4.39. The molecule has 0 amide bonds. The summed E-state index contributed by atoms with van der Waals surface area (Å²) in [5, 5.41) is 27.7. The average molecular weight is 203 g/mol. The van der Waals surface area contributed by atoms with E-state index in [0.29, 0.717) is 0 Å². The molecular weight excluding hydrogens is 188 g/mol. The van der Waals surface area contributed by atoms with E-state index < -0.39 is 24.4 Å². The molecule has 0 saturated carbocycles. The van der Waals surface area contributed by atoms with Gasteiger partial charge in [-0.05, 0) is 0 Å². The summed E-state index contributed by atoms with van der Waals surface area (Å²) in [6.07, 6.45) is -2.16. The Hall–Kier alpha value is -0.460. The van der Waals surface area contributed by atoms with Gasteiger partial charge in [0, 0.05) is 0 Å². The summed E-state index contributed by atoms with van der Waals surface area (Å²) < 4.78 is 10.1. The van der Waals surface area contributed by atoms with Crippen molar-refractivity contribution in [3.8, 4) is 0 Å². The van der Waals surface area contributed by atoms with Gasteiger partial charge in [-0.15, -0.1) is 6.58 Å². The minimum absolute atomic E-state index is 0.262. The summed E-state index contributed by atoms with van der Waals surface area (Å²) in [6, 6.07) is 0. The lowest BCUT2D eigenvalue weighted by atomic mass is 10.0. The molecule has 0 aromatic rings. The van der Waals surface area contributed by atoms with E-state index in [0.717, 1.165) is 0 Å². The molecule has 0 aromatic heterocycles. The van der Waals surface area contributed by atoms with Crippen LogP contribution in [0, 0.1) is 6.61 Å². The second-order valence-electron chi connectivity index (χ2n) is 3.06. The summed E-state index contributed by atoms with van der Waals surface area (Å²) in [7, 11) is 0. The summed E-state index contributed by atoms with van der Waals surface area (Å²) >= 11 is 0. The van der Waals surface area contributed by atoms with E-state index in [1.54, 1.807) is 0 Å². The van der Waals surface area contributed by atoms with Crippen LogP contribution in [0.3, 0.4) is 0 Å². The molecule has 1 rings (SSSR count). The molecular formula is C9H15O5. The molecule has 1 radical (unpaired) electrons. The number of hydrogen-bond acceptors (Lipinski definition) is 5. The molecule has 0 aromatic carbocycles. The molecule has 1 fully saturated rings. The molecule has 0 bridgehead atoms. The van der Waals surface area contributed by atoms with Crippen LogP contribution in [-0.4, -0.2) is 52.9 Å². The monoisotopic (exact) mass is 203 g/mol. The molecule has 0 spiro atoms. The van der Waals surface area contributed by atoms with E-state index in [9.17, 15) is 10.2 Å². The Morgan fingerprint density at radius 1 is 1.43 bits per heavy atom. The van der Waals surface area contributed by atoms with Gasteiger partial charge in [0.05, 0.1) is 13.2 Å². The van der Waals surface area contributed by atoms with Crippen molar-refractivity contribution in [2.24, 2.45) is 0 Å². The van der Waals surface area contributed by atoms with E-state index in [1.165, 1.54) is 12.7 Å². The Balaban J connectivity index is 2.46. The quantitative estimate of drug-likeness (QED) is 0.502.